The van der Waals surface area contributed by atoms with E-state index in [2.05, 4.69) is 0 Å². The van der Waals surface area contributed by atoms with Crippen molar-refractivity contribution in [3.8, 4) is 11.5 Å². The predicted molar refractivity (Wildman–Crippen MR) is 99.8 cm³/mol. The lowest BCUT2D eigenvalue weighted by Gasteiger charge is -2.04. The minimum atomic E-state index is -0.431. The van der Waals surface area contributed by atoms with Gasteiger partial charge in [-0.3, -0.25) is 4.79 Å². The smallest absolute Gasteiger partial charge is 0.353 e. The van der Waals surface area contributed by atoms with Crippen LogP contribution in [0.3, 0.4) is 0 Å². The topological polar surface area (TPSA) is 52.6 Å². The van der Waals surface area contributed by atoms with E-state index in [1.807, 2.05) is 36.6 Å². The van der Waals surface area contributed by atoms with Gasteiger partial charge in [-0.2, -0.15) is 0 Å². The van der Waals surface area contributed by atoms with Gasteiger partial charge in [0.25, 0.3) is 0 Å². The van der Waals surface area contributed by atoms with E-state index < -0.39 is 5.97 Å². The Hall–Kier alpha value is -3.18. The highest BCUT2D eigenvalue weighted by Crippen LogP contribution is 2.35. The van der Waals surface area contributed by atoms with Gasteiger partial charge in [0.1, 0.15) is 16.4 Å². The second-order valence-corrected chi connectivity index (χ2v) is 6.77. The second kappa shape index (κ2) is 6.61. The number of hydrogen-bond acceptors (Lipinski definition) is 5. The summed E-state index contributed by atoms with van der Waals surface area (Å²) in [5, 5.41) is 1.81. The number of carbonyl (C=O) groups excluding carboxylic acids is 2. The molecule has 0 atom stereocenters. The maximum absolute atomic E-state index is 12.5. The lowest BCUT2D eigenvalue weighted by Crippen LogP contribution is -2.06. The molecular formula is C21H14O4S. The zero-order valence-electron chi connectivity index (χ0n) is 13.9. The molecule has 1 aliphatic heterocycles. The number of ether oxygens (including phenoxy) is 2. The van der Waals surface area contributed by atoms with Crippen LogP contribution in [-0.4, -0.2) is 11.8 Å². The fourth-order valence-electron chi connectivity index (χ4n) is 2.67. The van der Waals surface area contributed by atoms with Gasteiger partial charge in [0, 0.05) is 6.07 Å². The molecule has 0 aliphatic carbocycles. The predicted octanol–water partition coefficient (Wildman–Crippen LogP) is 4.89. The Kier molecular flexibility index (Phi) is 4.14. The minimum absolute atomic E-state index is 0.181. The molecule has 26 heavy (non-hydrogen) atoms. The molecule has 4 nitrogen and oxygen atoms in total. The van der Waals surface area contributed by atoms with Crippen LogP contribution < -0.4 is 9.47 Å². The Balaban J connectivity index is 1.59. The number of Topliss-reactive ketones (excluding diaryl/α,β-unsaturated/α-hetero) is 1. The van der Waals surface area contributed by atoms with Gasteiger partial charge in [0.05, 0.1) is 5.56 Å². The van der Waals surface area contributed by atoms with Crippen molar-refractivity contribution in [2.45, 2.75) is 6.92 Å². The Morgan fingerprint density at radius 1 is 1.12 bits per heavy atom. The fraction of sp³-hybridized carbons (Fsp3) is 0.0476. The summed E-state index contributed by atoms with van der Waals surface area (Å²) in [5.74, 6) is 0.383. The van der Waals surface area contributed by atoms with Gasteiger partial charge in [-0.25, -0.2) is 4.79 Å². The number of ketones is 1. The summed E-state index contributed by atoms with van der Waals surface area (Å²) in [6.45, 7) is 1.97. The lowest BCUT2D eigenvalue weighted by molar-refractivity contribution is 0.0739. The molecule has 0 fully saturated rings. The van der Waals surface area contributed by atoms with Gasteiger partial charge in [0.15, 0.2) is 5.76 Å². The molecule has 5 heteroatoms. The largest absolute Gasteiger partial charge is 0.452 e. The number of allylic oxidation sites excluding steroid dienone is 1. The van der Waals surface area contributed by atoms with Crippen LogP contribution in [0.4, 0.5) is 0 Å². The molecule has 0 N–H and O–H groups in total. The zero-order chi connectivity index (χ0) is 18.1. The molecule has 4 rings (SSSR count). The summed E-state index contributed by atoms with van der Waals surface area (Å²) < 4.78 is 11.1. The van der Waals surface area contributed by atoms with Crippen LogP contribution in [0, 0.1) is 6.92 Å². The number of carbonyl (C=O) groups is 2. The average Bonchev–Trinajstić information content (AvgIpc) is 3.26. The van der Waals surface area contributed by atoms with Crippen molar-refractivity contribution >= 4 is 29.2 Å². The summed E-state index contributed by atoms with van der Waals surface area (Å²) in [4.78, 5) is 25.1. The monoisotopic (exact) mass is 362 g/mol. The number of thiophene rings is 1. The standard InChI is InChI=1S/C21H14O4S/c1-13-5-2-3-6-14(13)11-18-20(22)16-9-8-15(12-17(16)25-18)24-21(23)19-7-4-10-26-19/h2-12H,1H3/b18-11+. The van der Waals surface area contributed by atoms with E-state index in [0.717, 1.165) is 11.1 Å². The molecule has 0 amide bonds. The number of hydrogen-bond donors (Lipinski definition) is 0. The number of aryl methyl sites for hydroxylation is 1. The third-order valence-corrected chi connectivity index (χ3v) is 4.90. The van der Waals surface area contributed by atoms with E-state index in [1.165, 1.54) is 11.3 Å². The molecule has 3 aromatic rings. The fourth-order valence-corrected chi connectivity index (χ4v) is 3.27. The van der Waals surface area contributed by atoms with Gasteiger partial charge in [0.2, 0.25) is 5.78 Å². The van der Waals surface area contributed by atoms with Crippen LogP contribution in [0.5, 0.6) is 11.5 Å². The maximum Gasteiger partial charge on any atom is 0.353 e. The van der Waals surface area contributed by atoms with Gasteiger partial charge >= 0.3 is 5.97 Å². The van der Waals surface area contributed by atoms with Crippen molar-refractivity contribution in [3.05, 3.63) is 87.3 Å². The molecule has 2 aromatic carbocycles. The van der Waals surface area contributed by atoms with E-state index in [0.29, 0.717) is 21.9 Å². The quantitative estimate of drug-likeness (QED) is 0.378. The Bertz CT molecular complexity index is 1030. The first-order valence-electron chi connectivity index (χ1n) is 8.01. The van der Waals surface area contributed by atoms with E-state index in [4.69, 9.17) is 9.47 Å². The highest BCUT2D eigenvalue weighted by Gasteiger charge is 2.28. The molecule has 1 aromatic heterocycles. The van der Waals surface area contributed by atoms with Crippen LogP contribution >= 0.6 is 11.3 Å². The maximum atomic E-state index is 12.5. The molecule has 0 saturated carbocycles. The number of rotatable bonds is 3. The van der Waals surface area contributed by atoms with Gasteiger partial charge < -0.3 is 9.47 Å². The summed E-state index contributed by atoms with van der Waals surface area (Å²) in [6, 6.07) is 16.0. The highest BCUT2D eigenvalue weighted by molar-refractivity contribution is 7.12. The van der Waals surface area contributed by atoms with E-state index >= 15 is 0 Å². The summed E-state index contributed by atoms with van der Waals surface area (Å²) >= 11 is 1.31. The van der Waals surface area contributed by atoms with E-state index in [-0.39, 0.29) is 11.5 Å². The third kappa shape index (κ3) is 3.05. The lowest BCUT2D eigenvalue weighted by atomic mass is 10.1. The first kappa shape index (κ1) is 16.3. The molecule has 0 unspecified atom stereocenters. The number of fused-ring (bicyclic) bond motifs is 1. The zero-order valence-corrected chi connectivity index (χ0v) is 14.7. The third-order valence-electron chi connectivity index (χ3n) is 4.05. The molecular weight excluding hydrogens is 348 g/mol. The van der Waals surface area contributed by atoms with Crippen molar-refractivity contribution in [1.82, 2.24) is 0 Å². The highest BCUT2D eigenvalue weighted by atomic mass is 32.1. The SMILES string of the molecule is Cc1ccccc1/C=C1/Oc2cc(OC(=O)c3cccs3)ccc2C1=O. The molecule has 2 heterocycles. The molecule has 128 valence electrons. The van der Waals surface area contributed by atoms with Crippen molar-refractivity contribution in [3.63, 3.8) is 0 Å². The van der Waals surface area contributed by atoms with Gasteiger partial charge in [-0.1, -0.05) is 30.3 Å². The minimum Gasteiger partial charge on any atom is -0.452 e. The van der Waals surface area contributed by atoms with Crippen LogP contribution in [0.15, 0.2) is 65.7 Å². The summed E-state index contributed by atoms with van der Waals surface area (Å²) in [6.07, 6.45) is 1.73. The van der Waals surface area contributed by atoms with Crippen molar-refractivity contribution in [2.24, 2.45) is 0 Å². The molecule has 0 radical (unpaired) electrons. The number of benzene rings is 2. The summed E-state index contributed by atoms with van der Waals surface area (Å²) in [5.41, 5.74) is 2.44. The van der Waals surface area contributed by atoms with Crippen LogP contribution in [0.1, 0.15) is 31.2 Å². The van der Waals surface area contributed by atoms with Crippen LogP contribution in [-0.2, 0) is 0 Å². The molecule has 0 bridgehead atoms. The average molecular weight is 362 g/mol. The first-order valence-corrected chi connectivity index (χ1v) is 8.89. The Morgan fingerprint density at radius 3 is 2.73 bits per heavy atom. The Labute approximate surface area is 154 Å². The van der Waals surface area contributed by atoms with Crippen LogP contribution in [0.2, 0.25) is 0 Å². The van der Waals surface area contributed by atoms with Gasteiger partial charge in [-0.15, -0.1) is 11.3 Å². The molecule has 0 spiro atoms. The number of esters is 1. The van der Waals surface area contributed by atoms with Crippen molar-refractivity contribution < 1.29 is 19.1 Å². The van der Waals surface area contributed by atoms with E-state index in [9.17, 15) is 9.59 Å². The second-order valence-electron chi connectivity index (χ2n) is 5.82. The summed E-state index contributed by atoms with van der Waals surface area (Å²) in [7, 11) is 0. The van der Waals surface area contributed by atoms with Crippen LogP contribution in [0.25, 0.3) is 6.08 Å². The van der Waals surface area contributed by atoms with Crippen molar-refractivity contribution in [1.29, 1.82) is 0 Å². The Morgan fingerprint density at radius 2 is 1.96 bits per heavy atom. The first-order chi connectivity index (χ1) is 12.6. The molecule has 0 saturated heterocycles. The normalized spacial score (nSPS) is 14.2. The van der Waals surface area contributed by atoms with E-state index in [1.54, 1.807) is 36.4 Å². The molecule has 1 aliphatic rings. The van der Waals surface area contributed by atoms with Crippen molar-refractivity contribution in [2.75, 3.05) is 0 Å². The van der Waals surface area contributed by atoms with Gasteiger partial charge in [-0.05, 0) is 47.7 Å².